The Morgan fingerprint density at radius 2 is 1.81 bits per heavy atom. The number of carbonyl (C=O) groups is 2. The lowest BCUT2D eigenvalue weighted by molar-refractivity contribution is -0.126. The van der Waals surface area contributed by atoms with Crippen LogP contribution in [0.25, 0.3) is 0 Å². The molecular weight excluding hydrogens is 330 g/mol. The summed E-state index contributed by atoms with van der Waals surface area (Å²) in [5.74, 6) is 0.391. The fraction of sp³-hybridized carbons (Fsp3) is 0.300. The summed E-state index contributed by atoms with van der Waals surface area (Å²) in [6.45, 7) is 0.598. The Hall–Kier alpha value is -2.86. The van der Waals surface area contributed by atoms with Crippen LogP contribution >= 0.6 is 0 Å². The van der Waals surface area contributed by atoms with E-state index in [-0.39, 0.29) is 0 Å². The molecule has 0 spiro atoms. The molecular formula is C20H23N3O3. The third kappa shape index (κ3) is 4.40. The van der Waals surface area contributed by atoms with E-state index >= 15 is 0 Å². The lowest BCUT2D eigenvalue weighted by Gasteiger charge is -2.31. The van der Waals surface area contributed by atoms with Crippen LogP contribution in [-0.4, -0.2) is 30.0 Å². The Morgan fingerprint density at radius 3 is 2.35 bits per heavy atom. The molecule has 0 aliphatic heterocycles. The highest BCUT2D eigenvalue weighted by molar-refractivity contribution is 5.96. The first-order valence-electron chi connectivity index (χ1n) is 8.62. The van der Waals surface area contributed by atoms with Gasteiger partial charge < -0.3 is 10.5 Å². The summed E-state index contributed by atoms with van der Waals surface area (Å²) in [7, 11) is 1.63. The normalized spacial score (nSPS) is 14.7. The van der Waals surface area contributed by atoms with Crippen LogP contribution in [0.5, 0.6) is 5.75 Å². The summed E-state index contributed by atoms with van der Waals surface area (Å²) in [4.78, 5) is 26.1. The van der Waals surface area contributed by atoms with Crippen LogP contribution in [0, 0.1) is 0 Å². The third-order valence-corrected chi connectivity index (χ3v) is 4.48. The predicted molar refractivity (Wildman–Crippen MR) is 98.5 cm³/mol. The summed E-state index contributed by atoms with van der Waals surface area (Å²) >= 11 is 0. The zero-order chi connectivity index (χ0) is 18.5. The number of rotatable bonds is 7. The number of hydrogen-bond donors (Lipinski definition) is 2. The molecule has 26 heavy (non-hydrogen) atoms. The average Bonchev–Trinajstić information content (AvgIpc) is 3.47. The van der Waals surface area contributed by atoms with Crippen LogP contribution < -0.4 is 15.8 Å². The van der Waals surface area contributed by atoms with Crippen molar-refractivity contribution in [2.45, 2.75) is 31.5 Å². The lowest BCUT2D eigenvalue weighted by Crippen LogP contribution is -2.45. The van der Waals surface area contributed by atoms with Gasteiger partial charge in [0, 0.05) is 12.6 Å². The standard InChI is InChI=1S/C20H23N3O3/c1-26-17-11-7-14(8-12-17)13-23(16-9-10-16)18(19(24)22-20(21)25)15-5-3-2-4-6-15/h2-8,11-12,16,18H,9-10,13H2,1H3,(H3,21,22,24,25)/t18-/m0/s1. The Balaban J connectivity index is 1.89. The zero-order valence-electron chi connectivity index (χ0n) is 14.7. The summed E-state index contributed by atoms with van der Waals surface area (Å²) < 4.78 is 5.20. The van der Waals surface area contributed by atoms with Crippen molar-refractivity contribution in [3.05, 3.63) is 65.7 Å². The largest absolute Gasteiger partial charge is 0.497 e. The van der Waals surface area contributed by atoms with E-state index in [4.69, 9.17) is 10.5 Å². The monoisotopic (exact) mass is 353 g/mol. The van der Waals surface area contributed by atoms with Gasteiger partial charge in [0.2, 0.25) is 5.91 Å². The molecule has 2 aromatic carbocycles. The number of benzene rings is 2. The highest BCUT2D eigenvalue weighted by Gasteiger charge is 2.38. The van der Waals surface area contributed by atoms with E-state index in [9.17, 15) is 9.59 Å². The van der Waals surface area contributed by atoms with E-state index in [0.717, 1.165) is 29.7 Å². The van der Waals surface area contributed by atoms with E-state index in [1.807, 2.05) is 54.6 Å². The van der Waals surface area contributed by atoms with Gasteiger partial charge in [-0.25, -0.2) is 4.79 Å². The van der Waals surface area contributed by atoms with Crippen molar-refractivity contribution in [1.82, 2.24) is 10.2 Å². The van der Waals surface area contributed by atoms with Gasteiger partial charge in [-0.15, -0.1) is 0 Å². The number of ether oxygens (including phenoxy) is 1. The van der Waals surface area contributed by atoms with Gasteiger partial charge in [-0.05, 0) is 36.1 Å². The molecule has 0 radical (unpaired) electrons. The molecule has 0 aromatic heterocycles. The second kappa shape index (κ2) is 8.01. The van der Waals surface area contributed by atoms with Gasteiger partial charge in [0.05, 0.1) is 7.11 Å². The Labute approximate surface area is 152 Å². The maximum atomic E-state index is 12.7. The first-order chi connectivity index (χ1) is 12.6. The molecule has 2 aromatic rings. The third-order valence-electron chi connectivity index (χ3n) is 4.48. The van der Waals surface area contributed by atoms with Gasteiger partial charge in [0.15, 0.2) is 0 Å². The minimum atomic E-state index is -0.837. The van der Waals surface area contributed by atoms with Crippen molar-refractivity contribution in [2.75, 3.05) is 7.11 Å². The maximum absolute atomic E-state index is 12.7. The Kier molecular flexibility index (Phi) is 5.53. The molecule has 6 heteroatoms. The van der Waals surface area contributed by atoms with E-state index < -0.39 is 18.0 Å². The SMILES string of the molecule is COc1ccc(CN(C2CC2)[C@H](C(=O)NC(N)=O)c2ccccc2)cc1. The van der Waals surface area contributed by atoms with Gasteiger partial charge in [-0.3, -0.25) is 15.0 Å². The number of nitrogens with one attached hydrogen (secondary N) is 1. The maximum Gasteiger partial charge on any atom is 0.318 e. The molecule has 0 heterocycles. The lowest BCUT2D eigenvalue weighted by atomic mass is 10.0. The number of methoxy groups -OCH3 is 1. The van der Waals surface area contributed by atoms with Crippen LogP contribution in [0.1, 0.15) is 30.0 Å². The molecule has 3 rings (SSSR count). The molecule has 3 N–H and O–H groups in total. The summed E-state index contributed by atoms with van der Waals surface area (Å²) in [6, 6.07) is 16.2. The number of nitrogens with two attached hydrogens (primary N) is 1. The molecule has 1 fully saturated rings. The van der Waals surface area contributed by atoms with Crippen molar-refractivity contribution in [3.63, 3.8) is 0 Å². The number of imide groups is 1. The quantitative estimate of drug-likeness (QED) is 0.801. The zero-order valence-corrected chi connectivity index (χ0v) is 14.7. The van der Waals surface area contributed by atoms with Crippen LogP contribution in [0.4, 0.5) is 4.79 Å². The van der Waals surface area contributed by atoms with E-state index in [1.165, 1.54) is 0 Å². The molecule has 0 saturated heterocycles. The fourth-order valence-electron chi connectivity index (χ4n) is 3.10. The number of hydrogen-bond acceptors (Lipinski definition) is 4. The number of primary amides is 1. The van der Waals surface area contributed by atoms with Crippen LogP contribution in [0.2, 0.25) is 0 Å². The highest BCUT2D eigenvalue weighted by Crippen LogP contribution is 2.36. The van der Waals surface area contributed by atoms with Crippen LogP contribution in [-0.2, 0) is 11.3 Å². The second-order valence-corrected chi connectivity index (χ2v) is 6.42. The minimum Gasteiger partial charge on any atom is -0.497 e. The molecule has 0 unspecified atom stereocenters. The Morgan fingerprint density at radius 1 is 1.15 bits per heavy atom. The van der Waals surface area contributed by atoms with Crippen molar-refractivity contribution >= 4 is 11.9 Å². The molecule has 1 aliphatic rings. The van der Waals surface area contributed by atoms with Crippen molar-refractivity contribution in [3.8, 4) is 5.75 Å². The van der Waals surface area contributed by atoms with Crippen molar-refractivity contribution in [1.29, 1.82) is 0 Å². The van der Waals surface area contributed by atoms with E-state index in [0.29, 0.717) is 12.6 Å². The van der Waals surface area contributed by atoms with E-state index in [1.54, 1.807) is 7.11 Å². The van der Waals surface area contributed by atoms with Crippen molar-refractivity contribution in [2.24, 2.45) is 5.73 Å². The van der Waals surface area contributed by atoms with Gasteiger partial charge >= 0.3 is 6.03 Å². The first-order valence-corrected chi connectivity index (χ1v) is 8.62. The number of amides is 3. The van der Waals surface area contributed by atoms with Gasteiger partial charge in [0.1, 0.15) is 11.8 Å². The second-order valence-electron chi connectivity index (χ2n) is 6.42. The fourth-order valence-corrected chi connectivity index (χ4v) is 3.10. The number of carbonyl (C=O) groups excluding carboxylic acids is 2. The van der Waals surface area contributed by atoms with Gasteiger partial charge in [-0.1, -0.05) is 42.5 Å². The Bertz CT molecular complexity index is 758. The van der Waals surface area contributed by atoms with Gasteiger partial charge in [0.25, 0.3) is 0 Å². The highest BCUT2D eigenvalue weighted by atomic mass is 16.5. The number of urea groups is 1. The van der Waals surface area contributed by atoms with Crippen LogP contribution in [0.15, 0.2) is 54.6 Å². The first kappa shape index (κ1) is 17.9. The molecule has 136 valence electrons. The number of nitrogens with zero attached hydrogens (tertiary/aromatic N) is 1. The topological polar surface area (TPSA) is 84.7 Å². The minimum absolute atomic E-state index is 0.306. The molecule has 1 saturated carbocycles. The molecule has 6 nitrogen and oxygen atoms in total. The smallest absolute Gasteiger partial charge is 0.318 e. The average molecular weight is 353 g/mol. The summed E-state index contributed by atoms with van der Waals surface area (Å²) in [5.41, 5.74) is 7.10. The van der Waals surface area contributed by atoms with Crippen LogP contribution in [0.3, 0.4) is 0 Å². The van der Waals surface area contributed by atoms with Crippen molar-refractivity contribution < 1.29 is 14.3 Å². The molecule has 1 atom stereocenters. The molecule has 1 aliphatic carbocycles. The molecule has 0 bridgehead atoms. The summed E-state index contributed by atoms with van der Waals surface area (Å²) in [5, 5.41) is 2.25. The summed E-state index contributed by atoms with van der Waals surface area (Å²) in [6.07, 6.45) is 2.06. The van der Waals surface area contributed by atoms with Gasteiger partial charge in [-0.2, -0.15) is 0 Å². The van der Waals surface area contributed by atoms with E-state index in [2.05, 4.69) is 10.2 Å². The predicted octanol–water partition coefficient (Wildman–Crippen LogP) is 2.60. The molecule has 3 amide bonds.